The van der Waals surface area contributed by atoms with E-state index in [2.05, 4.69) is 10.5 Å². The van der Waals surface area contributed by atoms with Crippen LogP contribution in [0.25, 0.3) is 11.3 Å². The number of ether oxygens (including phenoxy) is 3. The Balaban J connectivity index is 1.38. The predicted molar refractivity (Wildman–Crippen MR) is 103 cm³/mol. The van der Waals surface area contributed by atoms with Crippen LogP contribution >= 0.6 is 0 Å². The third-order valence-electron chi connectivity index (χ3n) is 4.18. The predicted octanol–water partition coefficient (Wildman–Crippen LogP) is 3.43. The Bertz CT molecular complexity index is 1040. The number of aromatic nitrogens is 1. The molecule has 2 heterocycles. The van der Waals surface area contributed by atoms with Gasteiger partial charge in [0.2, 0.25) is 5.91 Å². The summed E-state index contributed by atoms with van der Waals surface area (Å²) in [5.41, 5.74) is 2.25. The maximum absolute atomic E-state index is 12.2. The van der Waals surface area contributed by atoms with Gasteiger partial charge < -0.3 is 24.1 Å². The molecule has 1 aliphatic heterocycles. The van der Waals surface area contributed by atoms with Crippen LogP contribution in [-0.4, -0.2) is 30.2 Å². The van der Waals surface area contributed by atoms with E-state index in [9.17, 15) is 9.59 Å². The maximum Gasteiger partial charge on any atom is 0.338 e. The highest BCUT2D eigenvalue weighted by Crippen LogP contribution is 2.34. The van der Waals surface area contributed by atoms with Crippen molar-refractivity contribution in [3.8, 4) is 22.8 Å². The fraction of sp³-hybridized carbons (Fsp3) is 0.190. The lowest BCUT2D eigenvalue weighted by atomic mass is 10.1. The number of rotatable bonds is 5. The summed E-state index contributed by atoms with van der Waals surface area (Å²) in [4.78, 5) is 23.2. The highest BCUT2D eigenvalue weighted by Gasteiger charge is 2.15. The van der Waals surface area contributed by atoms with E-state index in [1.165, 1.54) is 6.92 Å². The first-order valence-electron chi connectivity index (χ1n) is 8.99. The summed E-state index contributed by atoms with van der Waals surface area (Å²) in [5.74, 6) is 1.20. The molecule has 1 aliphatic rings. The molecule has 0 unspecified atom stereocenters. The van der Waals surface area contributed by atoms with Gasteiger partial charge in [0.05, 0.1) is 5.56 Å². The van der Waals surface area contributed by atoms with Crippen molar-refractivity contribution in [2.24, 2.45) is 0 Å². The van der Waals surface area contributed by atoms with Crippen molar-refractivity contribution in [2.75, 3.05) is 18.5 Å². The zero-order valence-corrected chi connectivity index (χ0v) is 15.6. The van der Waals surface area contributed by atoms with E-state index >= 15 is 0 Å². The molecular weight excluding hydrogens is 376 g/mol. The van der Waals surface area contributed by atoms with E-state index in [4.69, 9.17) is 18.7 Å². The number of carbonyl (C=O) groups is 2. The van der Waals surface area contributed by atoms with Crippen molar-refractivity contribution >= 4 is 17.6 Å². The van der Waals surface area contributed by atoms with Crippen LogP contribution < -0.4 is 14.8 Å². The molecule has 0 atom stereocenters. The van der Waals surface area contributed by atoms with Crippen LogP contribution in [-0.2, 0) is 16.1 Å². The summed E-state index contributed by atoms with van der Waals surface area (Å²) < 4.78 is 21.7. The van der Waals surface area contributed by atoms with Gasteiger partial charge in [0.25, 0.3) is 0 Å². The van der Waals surface area contributed by atoms with Crippen molar-refractivity contribution < 1.29 is 28.3 Å². The highest BCUT2D eigenvalue weighted by atomic mass is 16.6. The molecule has 0 saturated heterocycles. The summed E-state index contributed by atoms with van der Waals surface area (Å²) in [6, 6.07) is 13.6. The minimum absolute atomic E-state index is 0.0274. The zero-order valence-electron chi connectivity index (χ0n) is 15.6. The van der Waals surface area contributed by atoms with Crippen LogP contribution in [0, 0.1) is 0 Å². The number of hydrogen-bond acceptors (Lipinski definition) is 7. The van der Waals surface area contributed by atoms with Crippen LogP contribution in [0.2, 0.25) is 0 Å². The van der Waals surface area contributed by atoms with E-state index in [1.54, 1.807) is 30.3 Å². The van der Waals surface area contributed by atoms with E-state index < -0.39 is 5.97 Å². The average Bonchev–Trinajstić information content (AvgIpc) is 3.21. The zero-order chi connectivity index (χ0) is 20.2. The van der Waals surface area contributed by atoms with Gasteiger partial charge in [0.1, 0.15) is 25.5 Å². The second kappa shape index (κ2) is 8.05. The van der Waals surface area contributed by atoms with Crippen molar-refractivity contribution in [1.82, 2.24) is 5.16 Å². The van der Waals surface area contributed by atoms with Gasteiger partial charge >= 0.3 is 5.97 Å². The van der Waals surface area contributed by atoms with Crippen LogP contribution in [0.1, 0.15) is 23.0 Å². The molecule has 0 bridgehead atoms. The third-order valence-corrected chi connectivity index (χ3v) is 4.18. The quantitative estimate of drug-likeness (QED) is 0.662. The molecule has 0 aliphatic carbocycles. The first-order chi connectivity index (χ1) is 14.1. The van der Waals surface area contributed by atoms with Crippen molar-refractivity contribution in [3.05, 3.63) is 59.8 Å². The fourth-order valence-corrected chi connectivity index (χ4v) is 2.83. The molecule has 4 rings (SSSR count). The van der Waals surface area contributed by atoms with E-state index in [0.717, 1.165) is 5.56 Å². The Morgan fingerprint density at radius 1 is 1.03 bits per heavy atom. The number of fused-ring (bicyclic) bond motifs is 1. The molecule has 1 N–H and O–H groups in total. The Hall–Kier alpha value is -3.81. The molecule has 0 saturated carbocycles. The summed E-state index contributed by atoms with van der Waals surface area (Å²) in [7, 11) is 0. The number of amides is 1. The van der Waals surface area contributed by atoms with Gasteiger partial charge in [-0.15, -0.1) is 0 Å². The molecule has 2 aromatic carbocycles. The SMILES string of the molecule is CC(=O)Nc1ccc(C(=O)OCc2cc(-c3ccc4c(c3)OCCO4)on2)cc1. The average molecular weight is 394 g/mol. The largest absolute Gasteiger partial charge is 0.486 e. The number of nitrogens with zero attached hydrogens (tertiary/aromatic N) is 1. The molecule has 3 aromatic rings. The monoisotopic (exact) mass is 394 g/mol. The number of benzene rings is 2. The van der Waals surface area contributed by atoms with Crippen LogP contribution in [0.3, 0.4) is 0 Å². The summed E-state index contributed by atoms with van der Waals surface area (Å²) >= 11 is 0. The summed E-state index contributed by atoms with van der Waals surface area (Å²) in [6.07, 6.45) is 0. The van der Waals surface area contributed by atoms with E-state index in [1.807, 2.05) is 18.2 Å². The van der Waals surface area contributed by atoms with Gasteiger partial charge in [-0.1, -0.05) is 5.16 Å². The number of nitrogens with one attached hydrogen (secondary N) is 1. The Kier molecular flexibility index (Phi) is 5.15. The van der Waals surface area contributed by atoms with Gasteiger partial charge in [-0.2, -0.15) is 0 Å². The van der Waals surface area contributed by atoms with E-state index in [-0.39, 0.29) is 12.5 Å². The Morgan fingerprint density at radius 2 is 1.79 bits per heavy atom. The number of anilines is 1. The van der Waals surface area contributed by atoms with Crippen molar-refractivity contribution in [1.29, 1.82) is 0 Å². The highest BCUT2D eigenvalue weighted by molar-refractivity contribution is 5.92. The Morgan fingerprint density at radius 3 is 2.55 bits per heavy atom. The fourth-order valence-electron chi connectivity index (χ4n) is 2.83. The van der Waals surface area contributed by atoms with Gasteiger partial charge in [-0.25, -0.2) is 4.79 Å². The second-order valence-corrected chi connectivity index (χ2v) is 6.38. The minimum atomic E-state index is -0.497. The second-order valence-electron chi connectivity index (χ2n) is 6.38. The van der Waals surface area contributed by atoms with Crippen LogP contribution in [0.15, 0.2) is 53.1 Å². The molecule has 8 heteroatoms. The third kappa shape index (κ3) is 4.37. The lowest BCUT2D eigenvalue weighted by Gasteiger charge is -2.18. The molecule has 148 valence electrons. The van der Waals surface area contributed by atoms with Gasteiger partial charge in [0, 0.05) is 24.2 Å². The summed E-state index contributed by atoms with van der Waals surface area (Å²) in [6.45, 7) is 2.42. The van der Waals surface area contributed by atoms with Gasteiger partial charge in [-0.05, 0) is 42.5 Å². The van der Waals surface area contributed by atoms with Crippen molar-refractivity contribution in [2.45, 2.75) is 13.5 Å². The molecule has 8 nitrogen and oxygen atoms in total. The maximum atomic E-state index is 12.2. The Labute approximate surface area is 166 Å². The molecule has 0 radical (unpaired) electrons. The number of hydrogen-bond donors (Lipinski definition) is 1. The van der Waals surface area contributed by atoms with Crippen LogP contribution in [0.4, 0.5) is 5.69 Å². The molecule has 0 fully saturated rings. The number of carbonyl (C=O) groups excluding carboxylic acids is 2. The first kappa shape index (κ1) is 18.5. The topological polar surface area (TPSA) is 99.9 Å². The van der Waals surface area contributed by atoms with Crippen molar-refractivity contribution in [3.63, 3.8) is 0 Å². The molecule has 29 heavy (non-hydrogen) atoms. The smallest absolute Gasteiger partial charge is 0.338 e. The minimum Gasteiger partial charge on any atom is -0.486 e. The summed E-state index contributed by atoms with van der Waals surface area (Å²) in [5, 5.41) is 6.58. The molecule has 1 amide bonds. The van der Waals surface area contributed by atoms with E-state index in [0.29, 0.717) is 47.4 Å². The lowest BCUT2D eigenvalue weighted by Crippen LogP contribution is -2.15. The molecule has 0 spiro atoms. The standard InChI is InChI=1S/C21H18N2O6/c1-13(24)22-16-5-2-14(3-6-16)21(25)28-12-17-11-19(29-23-17)15-4-7-18-20(10-15)27-9-8-26-18/h2-7,10-11H,8-9,12H2,1H3,(H,22,24). The van der Waals surface area contributed by atoms with Gasteiger partial charge in [-0.3, -0.25) is 4.79 Å². The first-order valence-corrected chi connectivity index (χ1v) is 8.99. The molecule has 1 aromatic heterocycles. The normalized spacial score (nSPS) is 12.3. The van der Waals surface area contributed by atoms with Crippen LogP contribution in [0.5, 0.6) is 11.5 Å². The number of esters is 1. The lowest BCUT2D eigenvalue weighted by molar-refractivity contribution is -0.114. The molecular formula is C21H18N2O6. The van der Waals surface area contributed by atoms with Gasteiger partial charge in [0.15, 0.2) is 17.3 Å².